The monoisotopic (exact) mass is 481 g/mol. The number of halogens is 2. The van der Waals surface area contributed by atoms with Gasteiger partial charge < -0.3 is 29.3 Å². The molecule has 26 heavy (non-hydrogen) atoms. The lowest BCUT2D eigenvalue weighted by Gasteiger charge is -2.36. The molecular formula is C20H21ClIN3O. The summed E-state index contributed by atoms with van der Waals surface area (Å²) in [6, 6.07) is 15.7. The standard InChI is InChI=1S/C20H20ClN3O.HI/c21-16-9-10-18-17(13-16)20(15-7-3-1-4-8-15)23-24(14-19(25)22-18)11-5-2-6-12-24;/h1,3-4,7-10,13H,2,5-6,11-12,14H2;1H. The number of anilines is 1. The number of rotatable bonds is 1. The molecule has 0 atom stereocenters. The fourth-order valence-electron chi connectivity index (χ4n) is 3.75. The lowest BCUT2D eigenvalue weighted by Crippen LogP contribution is -3.00. The van der Waals surface area contributed by atoms with Crippen LogP contribution in [0.25, 0.3) is 0 Å². The molecule has 0 saturated carbocycles. The molecule has 1 amide bonds. The number of nitrogens with one attached hydrogen (secondary N) is 1. The van der Waals surface area contributed by atoms with Gasteiger partial charge in [0.25, 0.3) is 5.91 Å². The SMILES string of the molecule is O=C1C[N+]2(CCCCC2)/N=C(/c2ccccc2)c2cc(Cl)ccc2N1.[I-]. The second kappa shape index (κ2) is 8.06. The van der Waals surface area contributed by atoms with Crippen molar-refractivity contribution in [2.45, 2.75) is 19.3 Å². The molecule has 0 aromatic heterocycles. The lowest BCUT2D eigenvalue weighted by atomic mass is 9.99. The Kier molecular flexibility index (Phi) is 5.99. The van der Waals surface area contributed by atoms with Crippen molar-refractivity contribution in [3.05, 3.63) is 64.7 Å². The Labute approximate surface area is 175 Å². The molecule has 1 fully saturated rings. The van der Waals surface area contributed by atoms with Gasteiger partial charge in [-0.25, -0.2) is 0 Å². The molecule has 0 aliphatic carbocycles. The Balaban J connectivity index is 0.00000196. The highest BCUT2D eigenvalue weighted by atomic mass is 127. The van der Waals surface area contributed by atoms with E-state index in [1.807, 2.05) is 30.3 Å². The van der Waals surface area contributed by atoms with Crippen LogP contribution >= 0.6 is 11.6 Å². The van der Waals surface area contributed by atoms with E-state index in [4.69, 9.17) is 16.7 Å². The van der Waals surface area contributed by atoms with E-state index in [1.54, 1.807) is 6.07 Å². The Morgan fingerprint density at radius 2 is 1.73 bits per heavy atom. The van der Waals surface area contributed by atoms with E-state index in [1.165, 1.54) is 6.42 Å². The number of hydrogen-bond acceptors (Lipinski definition) is 2. The molecule has 136 valence electrons. The van der Waals surface area contributed by atoms with Gasteiger partial charge in [0.15, 0.2) is 6.54 Å². The van der Waals surface area contributed by atoms with Crippen molar-refractivity contribution in [3.8, 4) is 0 Å². The quantitative estimate of drug-likeness (QED) is 0.480. The third kappa shape index (κ3) is 3.94. The van der Waals surface area contributed by atoms with Gasteiger partial charge in [0.1, 0.15) is 18.8 Å². The predicted molar refractivity (Wildman–Crippen MR) is 101 cm³/mol. The zero-order chi connectivity index (χ0) is 17.3. The average Bonchev–Trinajstić information content (AvgIpc) is 2.62. The zero-order valence-corrected chi connectivity index (χ0v) is 17.3. The minimum atomic E-state index is 0. The number of fused-ring (bicyclic) bond motifs is 1. The molecule has 4 rings (SSSR count). The fourth-order valence-corrected chi connectivity index (χ4v) is 3.92. The largest absolute Gasteiger partial charge is 1.00 e. The van der Waals surface area contributed by atoms with E-state index in [0.29, 0.717) is 16.2 Å². The molecule has 2 aliphatic rings. The summed E-state index contributed by atoms with van der Waals surface area (Å²) < 4.78 is 0.474. The summed E-state index contributed by atoms with van der Waals surface area (Å²) in [4.78, 5) is 12.6. The van der Waals surface area contributed by atoms with Crippen molar-refractivity contribution in [2.75, 3.05) is 25.0 Å². The summed E-state index contributed by atoms with van der Waals surface area (Å²) in [5.74, 6) is 0.0151. The molecule has 0 radical (unpaired) electrons. The first-order valence-electron chi connectivity index (χ1n) is 8.77. The van der Waals surface area contributed by atoms with Crippen molar-refractivity contribution in [1.29, 1.82) is 0 Å². The molecule has 1 saturated heterocycles. The van der Waals surface area contributed by atoms with Gasteiger partial charge in [-0.3, -0.25) is 4.79 Å². The van der Waals surface area contributed by atoms with Crippen LogP contribution in [0.2, 0.25) is 5.02 Å². The summed E-state index contributed by atoms with van der Waals surface area (Å²) in [6.07, 6.45) is 3.41. The van der Waals surface area contributed by atoms with Crippen LogP contribution in [-0.4, -0.2) is 35.8 Å². The summed E-state index contributed by atoms with van der Waals surface area (Å²) in [5, 5.41) is 8.87. The number of benzene rings is 2. The summed E-state index contributed by atoms with van der Waals surface area (Å²) in [5.41, 5.74) is 3.60. The van der Waals surface area contributed by atoms with Gasteiger partial charge >= 0.3 is 0 Å². The maximum Gasteiger partial charge on any atom is 0.282 e. The fraction of sp³-hybridized carbons (Fsp3) is 0.300. The van der Waals surface area contributed by atoms with Gasteiger partial charge in [0, 0.05) is 16.1 Å². The number of nitrogens with zero attached hydrogens (tertiary/aromatic N) is 2. The van der Waals surface area contributed by atoms with Gasteiger partial charge in [0.2, 0.25) is 0 Å². The lowest BCUT2D eigenvalue weighted by molar-refractivity contribution is -0.931. The topological polar surface area (TPSA) is 41.5 Å². The minimum Gasteiger partial charge on any atom is -1.00 e. The van der Waals surface area contributed by atoms with Crippen LogP contribution in [0, 0.1) is 0 Å². The maximum atomic E-state index is 12.6. The second-order valence-electron chi connectivity index (χ2n) is 6.81. The van der Waals surface area contributed by atoms with E-state index in [2.05, 4.69) is 17.4 Å². The van der Waals surface area contributed by atoms with E-state index >= 15 is 0 Å². The molecule has 4 nitrogen and oxygen atoms in total. The smallest absolute Gasteiger partial charge is 0.282 e. The van der Waals surface area contributed by atoms with Crippen molar-refractivity contribution in [3.63, 3.8) is 0 Å². The number of amides is 1. The van der Waals surface area contributed by atoms with Gasteiger partial charge in [-0.1, -0.05) is 47.0 Å². The number of piperidine rings is 1. The molecule has 2 aromatic carbocycles. The second-order valence-corrected chi connectivity index (χ2v) is 7.25. The molecule has 1 spiro atoms. The maximum absolute atomic E-state index is 12.6. The van der Waals surface area contributed by atoms with Crippen LogP contribution in [-0.2, 0) is 4.79 Å². The van der Waals surface area contributed by atoms with Crippen molar-refractivity contribution >= 4 is 28.9 Å². The van der Waals surface area contributed by atoms with Crippen molar-refractivity contribution in [1.82, 2.24) is 0 Å². The van der Waals surface area contributed by atoms with Crippen LogP contribution in [0.1, 0.15) is 30.4 Å². The minimum absolute atomic E-state index is 0. The average molecular weight is 482 g/mol. The summed E-state index contributed by atoms with van der Waals surface area (Å²) in [6.45, 7) is 2.19. The molecular weight excluding hydrogens is 461 g/mol. The van der Waals surface area contributed by atoms with Gasteiger partial charge in [-0.05, 0) is 37.5 Å². The Morgan fingerprint density at radius 3 is 2.46 bits per heavy atom. The van der Waals surface area contributed by atoms with E-state index in [9.17, 15) is 4.79 Å². The summed E-state index contributed by atoms with van der Waals surface area (Å²) >= 11 is 6.26. The molecule has 0 unspecified atom stereocenters. The Hall–Kier alpha value is -1.44. The van der Waals surface area contributed by atoms with E-state index < -0.39 is 0 Å². The summed E-state index contributed by atoms with van der Waals surface area (Å²) in [7, 11) is 0. The zero-order valence-electron chi connectivity index (χ0n) is 14.4. The molecule has 6 heteroatoms. The van der Waals surface area contributed by atoms with E-state index in [-0.39, 0.29) is 29.9 Å². The molecule has 2 aromatic rings. The highest BCUT2D eigenvalue weighted by molar-refractivity contribution is 6.31. The normalized spacial score (nSPS) is 20.7. The molecule has 0 bridgehead atoms. The number of quaternary nitrogens is 1. The first-order chi connectivity index (χ1) is 12.2. The third-order valence-electron chi connectivity index (χ3n) is 4.96. The first kappa shape index (κ1) is 19.3. The van der Waals surface area contributed by atoms with Crippen LogP contribution in [0.15, 0.2) is 53.6 Å². The predicted octanol–water partition coefficient (Wildman–Crippen LogP) is 1.05. The number of hydrogen-bond donors (Lipinski definition) is 1. The van der Waals surface area contributed by atoms with Gasteiger partial charge in [-0.15, -0.1) is 0 Å². The molecule has 1 N–H and O–H groups in total. The molecule has 2 aliphatic heterocycles. The number of carbonyl (C=O) groups is 1. The van der Waals surface area contributed by atoms with Crippen molar-refractivity contribution in [2.24, 2.45) is 5.10 Å². The number of carbonyl (C=O) groups excluding carboxylic acids is 1. The van der Waals surface area contributed by atoms with Gasteiger partial charge in [0.05, 0.1) is 5.69 Å². The first-order valence-corrected chi connectivity index (χ1v) is 9.15. The third-order valence-corrected chi connectivity index (χ3v) is 5.19. The van der Waals surface area contributed by atoms with Crippen LogP contribution in [0.3, 0.4) is 0 Å². The van der Waals surface area contributed by atoms with E-state index in [0.717, 1.165) is 48.5 Å². The highest BCUT2D eigenvalue weighted by Crippen LogP contribution is 2.29. The van der Waals surface area contributed by atoms with Gasteiger partial charge in [-0.2, -0.15) is 4.59 Å². The van der Waals surface area contributed by atoms with Crippen LogP contribution in [0.4, 0.5) is 5.69 Å². The highest BCUT2D eigenvalue weighted by Gasteiger charge is 2.36. The van der Waals surface area contributed by atoms with Crippen molar-refractivity contribution < 1.29 is 33.4 Å². The van der Waals surface area contributed by atoms with Crippen LogP contribution < -0.4 is 29.3 Å². The van der Waals surface area contributed by atoms with Crippen LogP contribution in [0.5, 0.6) is 0 Å². The Bertz CT molecular complexity index is 832. The molecule has 2 heterocycles. The Morgan fingerprint density at radius 1 is 1.00 bits per heavy atom.